The van der Waals surface area contributed by atoms with Crippen LogP contribution in [0.2, 0.25) is 0 Å². The minimum atomic E-state index is -4.59. The molecule has 1 aromatic heterocycles. The van der Waals surface area contributed by atoms with E-state index in [9.17, 15) is 22.4 Å². The number of aromatic nitrogens is 2. The minimum absolute atomic E-state index is 0.0619. The molecule has 0 aliphatic rings. The minimum Gasteiger partial charge on any atom is -0.355 e. The molecule has 1 heterocycles. The van der Waals surface area contributed by atoms with Crippen molar-refractivity contribution in [2.45, 2.75) is 6.18 Å². The molecule has 0 aliphatic heterocycles. The molecule has 0 aliphatic carbocycles. The Morgan fingerprint density at radius 2 is 1.92 bits per heavy atom. The molecule has 8 heteroatoms. The number of H-pyrrole nitrogens is 1. The molecule has 2 aromatic carbocycles. The van der Waals surface area contributed by atoms with E-state index in [-0.39, 0.29) is 22.2 Å². The lowest BCUT2D eigenvalue weighted by Crippen LogP contribution is -2.19. The van der Waals surface area contributed by atoms with Crippen LogP contribution in [0.15, 0.2) is 36.5 Å². The molecule has 3 rings (SSSR count). The largest absolute Gasteiger partial charge is 0.416 e. The van der Waals surface area contributed by atoms with Crippen LogP contribution in [0.5, 0.6) is 0 Å². The van der Waals surface area contributed by atoms with Gasteiger partial charge in [-0.15, -0.1) is 0 Å². The predicted octanol–water partition coefficient (Wildman–Crippen LogP) is 3.75. The third-order valence-electron chi connectivity index (χ3n) is 3.63. The fourth-order valence-corrected chi connectivity index (χ4v) is 2.51. The lowest BCUT2D eigenvalue weighted by molar-refractivity contribution is -0.137. The normalized spacial score (nSPS) is 11.7. The zero-order valence-corrected chi connectivity index (χ0v) is 12.3. The fraction of sp³-hybridized carbons (Fsp3) is 0.125. The summed E-state index contributed by atoms with van der Waals surface area (Å²) in [6.45, 7) is 0. The van der Waals surface area contributed by atoms with Gasteiger partial charge in [0.05, 0.1) is 17.3 Å². The Morgan fingerprint density at radius 1 is 1.17 bits per heavy atom. The Hall–Kier alpha value is -2.90. The van der Waals surface area contributed by atoms with Gasteiger partial charge in [0, 0.05) is 18.0 Å². The van der Waals surface area contributed by atoms with Crippen molar-refractivity contribution >= 4 is 16.8 Å². The van der Waals surface area contributed by atoms with Crippen LogP contribution in [0.1, 0.15) is 15.9 Å². The Labute approximate surface area is 133 Å². The first-order valence-corrected chi connectivity index (χ1v) is 6.87. The summed E-state index contributed by atoms with van der Waals surface area (Å²) in [4.78, 5) is 12.0. The van der Waals surface area contributed by atoms with Crippen LogP contribution in [-0.4, -0.2) is 23.2 Å². The molecule has 0 radical (unpaired) electrons. The van der Waals surface area contributed by atoms with E-state index in [1.165, 1.54) is 19.3 Å². The highest BCUT2D eigenvalue weighted by molar-refractivity contribution is 6.05. The number of hydrogen-bond acceptors (Lipinski definition) is 2. The molecule has 124 valence electrons. The summed E-state index contributed by atoms with van der Waals surface area (Å²) < 4.78 is 53.1. The van der Waals surface area contributed by atoms with E-state index in [2.05, 4.69) is 15.5 Å². The molecular weight excluding hydrogens is 326 g/mol. The number of amides is 1. The van der Waals surface area contributed by atoms with Crippen molar-refractivity contribution in [3.8, 4) is 11.1 Å². The third-order valence-corrected chi connectivity index (χ3v) is 3.63. The molecule has 24 heavy (non-hydrogen) atoms. The number of aromatic amines is 1. The SMILES string of the molecule is CNC(=O)c1ccc(F)cc1-c1cc(C(F)(F)F)cc2[nH]ncc12. The molecule has 0 saturated heterocycles. The number of benzene rings is 2. The number of halogens is 4. The van der Waals surface area contributed by atoms with E-state index in [0.29, 0.717) is 5.39 Å². The van der Waals surface area contributed by atoms with E-state index in [4.69, 9.17) is 0 Å². The van der Waals surface area contributed by atoms with Gasteiger partial charge in [-0.3, -0.25) is 9.89 Å². The highest BCUT2D eigenvalue weighted by Gasteiger charge is 2.32. The molecule has 0 unspecified atom stereocenters. The van der Waals surface area contributed by atoms with E-state index < -0.39 is 23.5 Å². The molecule has 0 fully saturated rings. The fourth-order valence-electron chi connectivity index (χ4n) is 2.51. The van der Waals surface area contributed by atoms with Crippen molar-refractivity contribution in [2.24, 2.45) is 0 Å². The van der Waals surface area contributed by atoms with Gasteiger partial charge in [-0.2, -0.15) is 18.3 Å². The Morgan fingerprint density at radius 3 is 2.58 bits per heavy atom. The number of carbonyl (C=O) groups excluding carboxylic acids is 1. The quantitative estimate of drug-likeness (QED) is 0.700. The third kappa shape index (κ3) is 2.70. The maximum Gasteiger partial charge on any atom is 0.416 e. The van der Waals surface area contributed by atoms with Crippen molar-refractivity contribution < 1.29 is 22.4 Å². The first kappa shape index (κ1) is 16.0. The zero-order chi connectivity index (χ0) is 17.5. The van der Waals surface area contributed by atoms with Gasteiger partial charge >= 0.3 is 6.18 Å². The number of hydrogen-bond donors (Lipinski definition) is 2. The van der Waals surface area contributed by atoms with Crippen molar-refractivity contribution in [3.05, 3.63) is 53.5 Å². The van der Waals surface area contributed by atoms with E-state index in [1.807, 2.05) is 0 Å². The number of rotatable bonds is 2. The summed E-state index contributed by atoms with van der Waals surface area (Å²) in [6, 6.07) is 5.15. The summed E-state index contributed by atoms with van der Waals surface area (Å²) in [5.74, 6) is -1.19. The van der Waals surface area contributed by atoms with Crippen LogP contribution in [0, 0.1) is 5.82 Å². The lowest BCUT2D eigenvalue weighted by Gasteiger charge is -2.13. The summed E-state index contributed by atoms with van der Waals surface area (Å²) in [5.41, 5.74) is -0.562. The van der Waals surface area contributed by atoms with E-state index in [1.54, 1.807) is 0 Å². The smallest absolute Gasteiger partial charge is 0.355 e. The zero-order valence-electron chi connectivity index (χ0n) is 12.3. The Balaban J connectivity index is 2.36. The summed E-state index contributed by atoms with van der Waals surface area (Å²) in [5, 5.41) is 8.97. The topological polar surface area (TPSA) is 57.8 Å². The van der Waals surface area contributed by atoms with Crippen LogP contribution < -0.4 is 5.32 Å². The van der Waals surface area contributed by atoms with Crippen molar-refractivity contribution in [2.75, 3.05) is 7.05 Å². The summed E-state index contributed by atoms with van der Waals surface area (Å²) >= 11 is 0. The highest BCUT2D eigenvalue weighted by atomic mass is 19.4. The van der Waals surface area contributed by atoms with Crippen LogP contribution in [0.25, 0.3) is 22.0 Å². The second-order valence-electron chi connectivity index (χ2n) is 5.12. The van der Waals surface area contributed by atoms with Crippen LogP contribution in [0.4, 0.5) is 17.6 Å². The Kier molecular flexibility index (Phi) is 3.75. The van der Waals surface area contributed by atoms with Gasteiger partial charge in [0.2, 0.25) is 0 Å². The maximum atomic E-state index is 13.7. The van der Waals surface area contributed by atoms with Crippen molar-refractivity contribution in [3.63, 3.8) is 0 Å². The van der Waals surface area contributed by atoms with Gasteiger partial charge in [0.15, 0.2) is 0 Å². The lowest BCUT2D eigenvalue weighted by atomic mass is 9.94. The summed E-state index contributed by atoms with van der Waals surface area (Å²) in [7, 11) is 1.38. The molecule has 3 aromatic rings. The van der Waals surface area contributed by atoms with Gasteiger partial charge in [0.25, 0.3) is 5.91 Å². The van der Waals surface area contributed by atoms with Crippen LogP contribution in [0.3, 0.4) is 0 Å². The standard InChI is InChI=1S/C16H11F4N3O/c1-21-15(24)10-3-2-9(17)6-12(10)11-4-8(16(18,19)20)5-14-13(11)7-22-23-14/h2-7H,1H3,(H,21,24)(H,22,23). The van der Waals surface area contributed by atoms with Crippen LogP contribution in [-0.2, 0) is 6.18 Å². The monoisotopic (exact) mass is 337 g/mol. The van der Waals surface area contributed by atoms with Gasteiger partial charge in [-0.05, 0) is 41.5 Å². The van der Waals surface area contributed by atoms with Crippen LogP contribution >= 0.6 is 0 Å². The molecule has 2 N–H and O–H groups in total. The number of carbonyl (C=O) groups is 1. The number of fused-ring (bicyclic) bond motifs is 1. The van der Waals surface area contributed by atoms with Crippen molar-refractivity contribution in [1.29, 1.82) is 0 Å². The molecule has 0 atom stereocenters. The second-order valence-corrected chi connectivity index (χ2v) is 5.12. The number of nitrogens with zero attached hydrogens (tertiary/aromatic N) is 1. The number of nitrogens with one attached hydrogen (secondary N) is 2. The maximum absolute atomic E-state index is 13.7. The molecule has 0 saturated carbocycles. The second kappa shape index (κ2) is 5.63. The van der Waals surface area contributed by atoms with Crippen molar-refractivity contribution in [1.82, 2.24) is 15.5 Å². The van der Waals surface area contributed by atoms with Gasteiger partial charge < -0.3 is 5.32 Å². The first-order valence-electron chi connectivity index (χ1n) is 6.87. The molecule has 1 amide bonds. The summed E-state index contributed by atoms with van der Waals surface area (Å²) in [6.07, 6.45) is -3.25. The van der Waals surface area contributed by atoms with E-state index >= 15 is 0 Å². The number of alkyl halides is 3. The highest BCUT2D eigenvalue weighted by Crippen LogP contribution is 2.37. The molecular formula is C16H11F4N3O. The van der Waals surface area contributed by atoms with E-state index in [0.717, 1.165) is 24.3 Å². The van der Waals surface area contributed by atoms with Gasteiger partial charge in [-0.1, -0.05) is 0 Å². The molecule has 4 nitrogen and oxygen atoms in total. The van der Waals surface area contributed by atoms with Gasteiger partial charge in [-0.25, -0.2) is 4.39 Å². The molecule has 0 bridgehead atoms. The predicted molar refractivity (Wildman–Crippen MR) is 79.9 cm³/mol. The average molecular weight is 337 g/mol. The van der Waals surface area contributed by atoms with Gasteiger partial charge in [0.1, 0.15) is 5.82 Å². The first-order chi connectivity index (χ1) is 11.3. The Bertz CT molecular complexity index is 931. The molecule has 0 spiro atoms. The average Bonchev–Trinajstić information content (AvgIpc) is 3.00.